The molecule has 80 valence electrons. The first-order chi connectivity index (χ1) is 7.85. The molecule has 4 nitrogen and oxygen atoms in total. The summed E-state index contributed by atoms with van der Waals surface area (Å²) in [6.07, 6.45) is 0. The summed E-state index contributed by atoms with van der Waals surface area (Å²) < 4.78 is 0. The minimum Gasteiger partial charge on any atom is -0.395 e. The fourth-order valence-electron chi connectivity index (χ4n) is 1.54. The summed E-state index contributed by atoms with van der Waals surface area (Å²) in [4.78, 5) is 4.35. The van der Waals surface area contributed by atoms with Gasteiger partial charge >= 0.3 is 0 Å². The fourth-order valence-corrected chi connectivity index (χ4v) is 1.54. The first kappa shape index (κ1) is 10.4. The quantitative estimate of drug-likeness (QED) is 0.810. The van der Waals surface area contributed by atoms with Crippen LogP contribution in [0.3, 0.4) is 0 Å². The second-order valence-electron chi connectivity index (χ2n) is 3.33. The fraction of sp³-hybridized carbons (Fsp3) is 0.167. The monoisotopic (exact) mass is 213 g/mol. The number of hydrogen-bond donors (Lipinski definition) is 2. The lowest BCUT2D eigenvalue weighted by atomic mass is 10.1. The maximum absolute atomic E-state index is 9.03. The van der Waals surface area contributed by atoms with Crippen molar-refractivity contribution < 1.29 is 5.11 Å². The van der Waals surface area contributed by atoms with E-state index in [4.69, 9.17) is 10.4 Å². The molecule has 4 heteroatoms. The van der Waals surface area contributed by atoms with Gasteiger partial charge in [-0.3, -0.25) is 0 Å². The summed E-state index contributed by atoms with van der Waals surface area (Å²) in [6, 6.07) is 11.3. The number of nitriles is 1. The zero-order chi connectivity index (χ0) is 11.4. The van der Waals surface area contributed by atoms with Crippen LogP contribution in [0.15, 0.2) is 30.3 Å². The van der Waals surface area contributed by atoms with Gasteiger partial charge in [0, 0.05) is 11.9 Å². The molecule has 1 heterocycles. The van der Waals surface area contributed by atoms with E-state index in [1.807, 2.05) is 24.3 Å². The van der Waals surface area contributed by atoms with Crippen LogP contribution in [0.4, 0.5) is 5.82 Å². The number of para-hydroxylation sites is 1. The van der Waals surface area contributed by atoms with Crippen LogP contribution in [0, 0.1) is 11.3 Å². The summed E-state index contributed by atoms with van der Waals surface area (Å²) in [6.45, 7) is 0.465. The summed E-state index contributed by atoms with van der Waals surface area (Å²) in [5.41, 5.74) is 1.37. The maximum atomic E-state index is 9.03. The SMILES string of the molecule is N#Cc1cc(NCCO)nc2ccccc12. The molecule has 2 rings (SSSR count). The zero-order valence-corrected chi connectivity index (χ0v) is 8.64. The van der Waals surface area contributed by atoms with E-state index in [1.54, 1.807) is 6.07 Å². The van der Waals surface area contributed by atoms with E-state index in [2.05, 4.69) is 16.4 Å². The van der Waals surface area contributed by atoms with Crippen molar-refractivity contribution in [2.45, 2.75) is 0 Å². The number of anilines is 1. The molecule has 0 unspecified atom stereocenters. The molecule has 0 fully saturated rings. The van der Waals surface area contributed by atoms with Gasteiger partial charge in [-0.25, -0.2) is 4.98 Å². The molecule has 0 spiro atoms. The summed E-state index contributed by atoms with van der Waals surface area (Å²) in [5, 5.41) is 21.5. The van der Waals surface area contributed by atoms with E-state index in [0.717, 1.165) is 10.9 Å². The van der Waals surface area contributed by atoms with Crippen LogP contribution in [0.2, 0.25) is 0 Å². The minimum atomic E-state index is 0.0381. The van der Waals surface area contributed by atoms with Gasteiger partial charge in [0.25, 0.3) is 0 Å². The molecule has 0 saturated carbocycles. The van der Waals surface area contributed by atoms with Crippen LogP contribution in [-0.4, -0.2) is 23.2 Å². The van der Waals surface area contributed by atoms with Gasteiger partial charge in [-0.05, 0) is 12.1 Å². The van der Waals surface area contributed by atoms with Crippen LogP contribution >= 0.6 is 0 Å². The minimum absolute atomic E-state index is 0.0381. The van der Waals surface area contributed by atoms with Crippen molar-refractivity contribution in [3.63, 3.8) is 0 Å². The molecule has 0 atom stereocenters. The van der Waals surface area contributed by atoms with Crippen molar-refractivity contribution in [2.24, 2.45) is 0 Å². The number of nitrogens with zero attached hydrogens (tertiary/aromatic N) is 2. The highest BCUT2D eigenvalue weighted by atomic mass is 16.3. The predicted octanol–water partition coefficient (Wildman–Crippen LogP) is 1.51. The molecule has 0 amide bonds. The molecule has 0 aliphatic carbocycles. The second-order valence-corrected chi connectivity index (χ2v) is 3.33. The molecule has 0 saturated heterocycles. The molecule has 16 heavy (non-hydrogen) atoms. The Kier molecular flexibility index (Phi) is 2.99. The van der Waals surface area contributed by atoms with E-state index in [0.29, 0.717) is 17.9 Å². The Balaban J connectivity index is 2.51. The van der Waals surface area contributed by atoms with E-state index >= 15 is 0 Å². The topological polar surface area (TPSA) is 68.9 Å². The van der Waals surface area contributed by atoms with E-state index < -0.39 is 0 Å². The lowest BCUT2D eigenvalue weighted by Crippen LogP contribution is -2.07. The molecule has 0 aliphatic heterocycles. The number of fused-ring (bicyclic) bond motifs is 1. The Morgan fingerprint density at radius 3 is 2.94 bits per heavy atom. The van der Waals surface area contributed by atoms with Crippen molar-refractivity contribution in [3.8, 4) is 6.07 Å². The normalized spacial score (nSPS) is 10.0. The van der Waals surface area contributed by atoms with Crippen molar-refractivity contribution in [2.75, 3.05) is 18.5 Å². The zero-order valence-electron chi connectivity index (χ0n) is 8.64. The average Bonchev–Trinajstić information content (AvgIpc) is 2.35. The van der Waals surface area contributed by atoms with Gasteiger partial charge in [0.15, 0.2) is 0 Å². The molecule has 2 N–H and O–H groups in total. The van der Waals surface area contributed by atoms with E-state index in [9.17, 15) is 0 Å². The largest absolute Gasteiger partial charge is 0.395 e. The third-order valence-corrected chi connectivity index (χ3v) is 2.25. The molecule has 0 bridgehead atoms. The molecule has 0 aliphatic rings. The van der Waals surface area contributed by atoms with Gasteiger partial charge < -0.3 is 10.4 Å². The van der Waals surface area contributed by atoms with Gasteiger partial charge in [0.05, 0.1) is 23.8 Å². The number of pyridine rings is 1. The number of aromatic nitrogens is 1. The lowest BCUT2D eigenvalue weighted by Gasteiger charge is -2.06. The van der Waals surface area contributed by atoms with Gasteiger partial charge in [0.2, 0.25) is 0 Å². The summed E-state index contributed by atoms with van der Waals surface area (Å²) >= 11 is 0. The maximum Gasteiger partial charge on any atom is 0.128 e. The summed E-state index contributed by atoms with van der Waals surface area (Å²) in [7, 11) is 0. The van der Waals surface area contributed by atoms with E-state index in [1.165, 1.54) is 0 Å². The number of benzene rings is 1. The highest BCUT2D eigenvalue weighted by Crippen LogP contribution is 2.19. The van der Waals surface area contributed by atoms with Crippen molar-refractivity contribution >= 4 is 16.7 Å². The highest BCUT2D eigenvalue weighted by molar-refractivity contribution is 5.86. The molecule has 1 aromatic carbocycles. The summed E-state index contributed by atoms with van der Waals surface area (Å²) in [5.74, 6) is 0.615. The van der Waals surface area contributed by atoms with Gasteiger partial charge in [-0.2, -0.15) is 5.26 Å². The van der Waals surface area contributed by atoms with Crippen molar-refractivity contribution in [3.05, 3.63) is 35.9 Å². The Bertz CT molecular complexity index is 545. The first-order valence-electron chi connectivity index (χ1n) is 5.00. The van der Waals surface area contributed by atoms with Crippen LogP contribution < -0.4 is 5.32 Å². The Morgan fingerprint density at radius 2 is 2.19 bits per heavy atom. The average molecular weight is 213 g/mol. The smallest absolute Gasteiger partial charge is 0.128 e. The lowest BCUT2D eigenvalue weighted by molar-refractivity contribution is 0.311. The molecule has 1 aromatic heterocycles. The highest BCUT2D eigenvalue weighted by Gasteiger charge is 2.03. The standard InChI is InChI=1S/C12H11N3O/c13-8-9-7-12(14-5-6-16)15-11-4-2-1-3-10(9)11/h1-4,7,16H,5-6H2,(H,14,15). The van der Waals surface area contributed by atoms with E-state index in [-0.39, 0.29) is 6.61 Å². The predicted molar refractivity (Wildman–Crippen MR) is 62.0 cm³/mol. The molecular weight excluding hydrogens is 202 g/mol. The van der Waals surface area contributed by atoms with Crippen LogP contribution in [0.1, 0.15) is 5.56 Å². The Morgan fingerprint density at radius 1 is 1.38 bits per heavy atom. The molecular formula is C12H11N3O. The number of aliphatic hydroxyl groups excluding tert-OH is 1. The number of rotatable bonds is 3. The second kappa shape index (κ2) is 4.60. The van der Waals surface area contributed by atoms with Gasteiger partial charge in [-0.1, -0.05) is 18.2 Å². The van der Waals surface area contributed by atoms with Crippen LogP contribution in [-0.2, 0) is 0 Å². The third-order valence-electron chi connectivity index (χ3n) is 2.25. The Hall–Kier alpha value is -2.12. The van der Waals surface area contributed by atoms with Gasteiger partial charge in [0.1, 0.15) is 5.82 Å². The van der Waals surface area contributed by atoms with Crippen LogP contribution in [0.25, 0.3) is 10.9 Å². The first-order valence-corrected chi connectivity index (χ1v) is 5.00. The third kappa shape index (κ3) is 1.95. The van der Waals surface area contributed by atoms with Gasteiger partial charge in [-0.15, -0.1) is 0 Å². The molecule has 2 aromatic rings. The molecule has 0 radical (unpaired) electrons. The van der Waals surface area contributed by atoms with Crippen LogP contribution in [0.5, 0.6) is 0 Å². The van der Waals surface area contributed by atoms with Crippen molar-refractivity contribution in [1.29, 1.82) is 5.26 Å². The van der Waals surface area contributed by atoms with Crippen molar-refractivity contribution in [1.82, 2.24) is 4.98 Å². The number of aliphatic hydroxyl groups is 1. The number of hydrogen-bond acceptors (Lipinski definition) is 4. The Labute approximate surface area is 93.2 Å². The number of nitrogens with one attached hydrogen (secondary N) is 1.